The Kier molecular flexibility index (Phi) is 0.631. The Morgan fingerprint density at radius 1 is 1.14 bits per heavy atom. The summed E-state index contributed by atoms with van der Waals surface area (Å²) in [6.45, 7) is 2.24. The van der Waals surface area contributed by atoms with Crippen molar-refractivity contribution < 1.29 is 9.68 Å². The molecule has 0 N–H and O–H groups in total. The van der Waals surface area contributed by atoms with Gasteiger partial charge in [0, 0.05) is 0 Å². The molecule has 0 radical (unpaired) electrons. The van der Waals surface area contributed by atoms with E-state index in [4.69, 9.17) is 9.68 Å². The van der Waals surface area contributed by atoms with Crippen molar-refractivity contribution in [1.29, 1.82) is 0 Å². The van der Waals surface area contributed by atoms with Crippen molar-refractivity contribution in [3.05, 3.63) is 0 Å². The first-order valence-corrected chi connectivity index (χ1v) is 2.27. The highest BCUT2D eigenvalue weighted by Gasteiger charge is 2.32. The highest BCUT2D eigenvalue weighted by Crippen LogP contribution is 2.16. The lowest BCUT2D eigenvalue weighted by molar-refractivity contribution is -0.487. The lowest BCUT2D eigenvalue weighted by atomic mass is 10.7. The van der Waals surface area contributed by atoms with Crippen molar-refractivity contribution in [3.8, 4) is 0 Å². The normalized spacial score (nSPS) is 32.6. The number of nitrogens with zero attached hydrogens (tertiary/aromatic N) is 2. The van der Waals surface area contributed by atoms with Gasteiger partial charge < -0.3 is 0 Å². The van der Waals surface area contributed by atoms with Gasteiger partial charge in [0.25, 0.3) is 0 Å². The van der Waals surface area contributed by atoms with Crippen LogP contribution in [0.1, 0.15) is 0 Å². The van der Waals surface area contributed by atoms with E-state index >= 15 is 0 Å². The van der Waals surface area contributed by atoms with Gasteiger partial charge in [-0.1, -0.05) is 10.3 Å². The fraction of sp³-hybridized carbons (Fsp3) is 1.00. The lowest BCUT2D eigenvalue weighted by Crippen LogP contribution is -2.48. The van der Waals surface area contributed by atoms with Crippen LogP contribution in [0.4, 0.5) is 0 Å². The predicted octanol–water partition coefficient (Wildman–Crippen LogP) is -0.647. The van der Waals surface area contributed by atoms with Crippen LogP contribution in [0, 0.1) is 0 Å². The molecule has 4 nitrogen and oxygen atoms in total. The predicted molar refractivity (Wildman–Crippen MR) is 20.4 cm³/mol. The standard InChI is InChI=1S/C3H6N2O2/c1-2-6-5-3-7-4(1)5/h1-3H2. The van der Waals surface area contributed by atoms with E-state index in [0.29, 0.717) is 6.73 Å². The van der Waals surface area contributed by atoms with Crippen LogP contribution in [0.2, 0.25) is 0 Å². The van der Waals surface area contributed by atoms with Crippen molar-refractivity contribution in [2.24, 2.45) is 0 Å². The number of hydroxylamine groups is 2. The van der Waals surface area contributed by atoms with E-state index in [1.165, 1.54) is 0 Å². The Hall–Kier alpha value is -0.160. The van der Waals surface area contributed by atoms with Crippen LogP contribution in [-0.4, -0.2) is 30.2 Å². The van der Waals surface area contributed by atoms with Gasteiger partial charge in [-0.15, -0.1) is 0 Å². The Balaban J connectivity index is 2.03. The van der Waals surface area contributed by atoms with Crippen molar-refractivity contribution in [2.75, 3.05) is 19.9 Å². The van der Waals surface area contributed by atoms with E-state index < -0.39 is 0 Å². The van der Waals surface area contributed by atoms with Gasteiger partial charge in [0.2, 0.25) is 0 Å². The minimum atomic E-state index is 0.597. The zero-order chi connectivity index (χ0) is 4.69. The van der Waals surface area contributed by atoms with Crippen molar-refractivity contribution in [2.45, 2.75) is 0 Å². The molecule has 0 unspecified atom stereocenters. The maximum atomic E-state index is 4.99. The summed E-state index contributed by atoms with van der Waals surface area (Å²) in [5.74, 6) is 0. The molecule has 7 heavy (non-hydrogen) atoms. The highest BCUT2D eigenvalue weighted by atomic mass is 16.9. The van der Waals surface area contributed by atoms with Gasteiger partial charge in [0.05, 0.1) is 13.2 Å². The summed E-state index contributed by atoms with van der Waals surface area (Å²) in [5, 5.41) is 3.39. The fourth-order valence-corrected chi connectivity index (χ4v) is 0.689. The third kappa shape index (κ3) is 0.391. The van der Waals surface area contributed by atoms with E-state index in [0.717, 1.165) is 13.2 Å². The monoisotopic (exact) mass is 102 g/mol. The molecular formula is C3H6N2O2. The molecule has 2 aliphatic heterocycles. The Morgan fingerprint density at radius 3 is 2.43 bits per heavy atom. The summed E-state index contributed by atoms with van der Waals surface area (Å²) in [4.78, 5) is 9.88. The second-order valence-corrected chi connectivity index (χ2v) is 1.52. The molecule has 2 heterocycles. The van der Waals surface area contributed by atoms with Gasteiger partial charge in [-0.25, -0.2) is 0 Å². The summed E-state index contributed by atoms with van der Waals surface area (Å²) in [6, 6.07) is 0. The van der Waals surface area contributed by atoms with Crippen LogP contribution in [0.3, 0.4) is 0 Å². The first kappa shape index (κ1) is 3.80. The molecule has 2 fully saturated rings. The molecule has 0 spiro atoms. The quantitative estimate of drug-likeness (QED) is 0.406. The van der Waals surface area contributed by atoms with Gasteiger partial charge >= 0.3 is 0 Å². The van der Waals surface area contributed by atoms with Crippen molar-refractivity contribution in [1.82, 2.24) is 10.3 Å². The minimum Gasteiger partial charge on any atom is -0.278 e. The van der Waals surface area contributed by atoms with E-state index in [1.54, 1.807) is 10.3 Å². The summed E-state index contributed by atoms with van der Waals surface area (Å²) >= 11 is 0. The van der Waals surface area contributed by atoms with E-state index in [9.17, 15) is 0 Å². The van der Waals surface area contributed by atoms with Gasteiger partial charge in [-0.2, -0.15) is 0 Å². The second-order valence-electron chi connectivity index (χ2n) is 1.52. The molecule has 0 aromatic heterocycles. The molecule has 4 heteroatoms. The molecule has 0 atom stereocenters. The van der Waals surface area contributed by atoms with Gasteiger partial charge in [-0.05, 0) is 0 Å². The zero-order valence-corrected chi connectivity index (χ0v) is 3.83. The van der Waals surface area contributed by atoms with Crippen LogP contribution < -0.4 is 0 Å². The van der Waals surface area contributed by atoms with E-state index in [-0.39, 0.29) is 0 Å². The molecule has 0 saturated carbocycles. The average Bonchev–Trinajstić information content (AvgIpc) is 1.85. The first-order valence-electron chi connectivity index (χ1n) is 2.27. The van der Waals surface area contributed by atoms with Crippen molar-refractivity contribution >= 4 is 0 Å². The molecule has 0 aromatic carbocycles. The minimum absolute atomic E-state index is 0.597. The maximum Gasteiger partial charge on any atom is 0.164 e. The van der Waals surface area contributed by atoms with Crippen molar-refractivity contribution in [3.63, 3.8) is 0 Å². The number of rotatable bonds is 0. The summed E-state index contributed by atoms with van der Waals surface area (Å²) in [6.07, 6.45) is 0. The van der Waals surface area contributed by atoms with Gasteiger partial charge in [-0.3, -0.25) is 9.68 Å². The maximum absolute atomic E-state index is 4.99. The Morgan fingerprint density at radius 2 is 2.14 bits per heavy atom. The van der Waals surface area contributed by atoms with Crippen LogP contribution in [0.25, 0.3) is 0 Å². The number of hydrazine groups is 1. The Bertz CT molecular complexity index is 77.0. The van der Waals surface area contributed by atoms with Crippen LogP contribution >= 0.6 is 0 Å². The smallest absolute Gasteiger partial charge is 0.164 e. The molecule has 0 bridgehead atoms. The lowest BCUT2D eigenvalue weighted by Gasteiger charge is -2.33. The average molecular weight is 102 g/mol. The SMILES string of the molecule is C1CN2OCN2O1. The van der Waals surface area contributed by atoms with Gasteiger partial charge in [0.15, 0.2) is 6.73 Å². The highest BCUT2D eigenvalue weighted by molar-refractivity contribution is 4.48. The largest absolute Gasteiger partial charge is 0.278 e. The summed E-state index contributed by atoms with van der Waals surface area (Å²) < 4.78 is 0. The molecule has 2 aliphatic rings. The third-order valence-corrected chi connectivity index (χ3v) is 1.09. The molecule has 0 amide bonds. The molecular weight excluding hydrogens is 96.0 g/mol. The summed E-state index contributed by atoms with van der Waals surface area (Å²) in [5.41, 5.74) is 0. The van der Waals surface area contributed by atoms with Crippen LogP contribution in [0.5, 0.6) is 0 Å². The third-order valence-electron chi connectivity index (χ3n) is 1.09. The van der Waals surface area contributed by atoms with E-state index in [2.05, 4.69) is 0 Å². The number of hydrogen-bond acceptors (Lipinski definition) is 4. The molecule has 2 saturated heterocycles. The second kappa shape index (κ2) is 1.16. The topological polar surface area (TPSA) is 24.9 Å². The van der Waals surface area contributed by atoms with Gasteiger partial charge in [0.1, 0.15) is 0 Å². The molecule has 40 valence electrons. The van der Waals surface area contributed by atoms with E-state index in [1.807, 2.05) is 0 Å². The molecule has 2 rings (SSSR count). The fourth-order valence-electron chi connectivity index (χ4n) is 0.689. The van der Waals surface area contributed by atoms with Crippen LogP contribution in [0.15, 0.2) is 0 Å². The number of hydrogen-bond donors (Lipinski definition) is 0. The molecule has 0 aliphatic carbocycles. The molecule has 0 aromatic rings. The zero-order valence-electron chi connectivity index (χ0n) is 3.83. The van der Waals surface area contributed by atoms with Crippen LogP contribution in [-0.2, 0) is 9.68 Å². The Labute approximate surface area is 41.1 Å². The first-order chi connectivity index (χ1) is 3.47. The number of fused-ring (bicyclic) bond motifs is 1. The summed E-state index contributed by atoms with van der Waals surface area (Å²) in [7, 11) is 0.